The Kier molecular flexibility index (Phi) is 4.75. The summed E-state index contributed by atoms with van der Waals surface area (Å²) in [5.74, 6) is 0. The van der Waals surface area contributed by atoms with Crippen LogP contribution in [0.5, 0.6) is 0 Å². The second-order valence-corrected chi connectivity index (χ2v) is 6.15. The highest BCUT2D eigenvalue weighted by molar-refractivity contribution is 7.87. The van der Waals surface area contributed by atoms with Gasteiger partial charge in [0.1, 0.15) is 0 Å². The van der Waals surface area contributed by atoms with Crippen molar-refractivity contribution in [3.05, 3.63) is 0 Å². The number of hydrogen-bond acceptors (Lipinski definition) is 4. The molecule has 2 fully saturated rings. The van der Waals surface area contributed by atoms with Crippen molar-refractivity contribution in [2.75, 3.05) is 26.2 Å². The Labute approximate surface area is 103 Å². The van der Waals surface area contributed by atoms with E-state index in [0.717, 1.165) is 51.9 Å². The third-order valence-corrected chi connectivity index (χ3v) is 4.21. The summed E-state index contributed by atoms with van der Waals surface area (Å²) in [5, 5.41) is 3.57. The molecule has 0 atom stereocenters. The third kappa shape index (κ3) is 4.51. The van der Waals surface area contributed by atoms with Crippen LogP contribution in [0.15, 0.2) is 0 Å². The van der Waals surface area contributed by atoms with Crippen molar-refractivity contribution in [3.63, 3.8) is 0 Å². The maximum atomic E-state index is 11.9. The Balaban J connectivity index is 1.80. The zero-order valence-corrected chi connectivity index (χ0v) is 11.0. The predicted molar refractivity (Wildman–Crippen MR) is 66.0 cm³/mol. The number of nitrogens with one attached hydrogen (secondary N) is 2. The maximum Gasteiger partial charge on any atom is 0.303 e. The smallest absolute Gasteiger partial charge is 0.230 e. The van der Waals surface area contributed by atoms with Crippen LogP contribution in [0.25, 0.3) is 0 Å². The molecule has 7 heteroatoms. The van der Waals surface area contributed by atoms with E-state index < -0.39 is 10.2 Å². The molecule has 0 bridgehead atoms. The van der Waals surface area contributed by atoms with Crippen LogP contribution in [0.1, 0.15) is 38.5 Å². The number of piperidine rings is 2. The first-order valence-corrected chi connectivity index (χ1v) is 7.94. The molecule has 17 heavy (non-hydrogen) atoms. The van der Waals surface area contributed by atoms with Crippen molar-refractivity contribution in [2.24, 2.45) is 0 Å². The average Bonchev–Trinajstić information content (AvgIpc) is 2.30. The van der Waals surface area contributed by atoms with Gasteiger partial charge >= 0.3 is 10.2 Å². The molecule has 2 heterocycles. The lowest BCUT2D eigenvalue weighted by molar-refractivity contribution is 0.176. The van der Waals surface area contributed by atoms with Crippen LogP contribution in [-0.4, -0.2) is 44.6 Å². The lowest BCUT2D eigenvalue weighted by Gasteiger charge is -2.30. The molecule has 0 aromatic heterocycles. The molecule has 0 aromatic rings. The van der Waals surface area contributed by atoms with Crippen LogP contribution < -0.4 is 9.66 Å². The van der Waals surface area contributed by atoms with Crippen molar-refractivity contribution in [2.45, 2.75) is 38.5 Å². The SMILES string of the molecule is O=S(=O)(NN1CCCCC1)NN1CCCCC1. The van der Waals surface area contributed by atoms with E-state index in [9.17, 15) is 8.42 Å². The van der Waals surface area contributed by atoms with E-state index >= 15 is 0 Å². The molecule has 0 radical (unpaired) electrons. The van der Waals surface area contributed by atoms with E-state index in [1.165, 1.54) is 12.8 Å². The molecule has 100 valence electrons. The first-order valence-electron chi connectivity index (χ1n) is 6.45. The van der Waals surface area contributed by atoms with Crippen LogP contribution in [0, 0.1) is 0 Å². The van der Waals surface area contributed by atoms with Gasteiger partial charge in [0.25, 0.3) is 0 Å². The zero-order chi connectivity index (χ0) is 12.1. The summed E-state index contributed by atoms with van der Waals surface area (Å²) in [6.45, 7) is 3.23. The lowest BCUT2D eigenvalue weighted by Crippen LogP contribution is -2.55. The summed E-state index contributed by atoms with van der Waals surface area (Å²) < 4.78 is 23.7. The normalized spacial score (nSPS) is 24.9. The topological polar surface area (TPSA) is 64.7 Å². The van der Waals surface area contributed by atoms with Crippen LogP contribution in [0.3, 0.4) is 0 Å². The minimum atomic E-state index is -3.43. The number of hydrogen-bond donors (Lipinski definition) is 2. The Hall–Kier alpha value is -0.210. The molecule has 2 saturated heterocycles. The van der Waals surface area contributed by atoms with Crippen molar-refractivity contribution in [1.29, 1.82) is 0 Å². The van der Waals surface area contributed by atoms with Crippen molar-refractivity contribution in [1.82, 2.24) is 19.7 Å². The van der Waals surface area contributed by atoms with Gasteiger partial charge in [-0.1, -0.05) is 12.8 Å². The Bertz CT molecular complexity index is 295. The summed E-state index contributed by atoms with van der Waals surface area (Å²) in [4.78, 5) is 5.19. The quantitative estimate of drug-likeness (QED) is 0.760. The zero-order valence-electron chi connectivity index (χ0n) is 10.2. The fourth-order valence-electron chi connectivity index (χ4n) is 2.33. The second kappa shape index (κ2) is 6.10. The van der Waals surface area contributed by atoms with Crippen LogP contribution in [-0.2, 0) is 10.2 Å². The fourth-order valence-corrected chi connectivity index (χ4v) is 3.42. The van der Waals surface area contributed by atoms with Crippen molar-refractivity contribution >= 4 is 10.2 Å². The Morgan fingerprint density at radius 3 is 1.35 bits per heavy atom. The number of hydrazine groups is 2. The average molecular weight is 262 g/mol. The molecule has 6 nitrogen and oxygen atoms in total. The van der Waals surface area contributed by atoms with E-state index in [1.807, 2.05) is 0 Å². The third-order valence-electron chi connectivity index (χ3n) is 3.21. The Morgan fingerprint density at radius 1 is 0.647 bits per heavy atom. The molecule has 0 aliphatic carbocycles. The monoisotopic (exact) mass is 262 g/mol. The van der Waals surface area contributed by atoms with Gasteiger partial charge in [0.2, 0.25) is 0 Å². The number of rotatable bonds is 4. The highest BCUT2D eigenvalue weighted by atomic mass is 32.2. The molecule has 0 spiro atoms. The summed E-state index contributed by atoms with van der Waals surface area (Å²) in [5.41, 5.74) is 0. The second-order valence-electron chi connectivity index (χ2n) is 4.78. The van der Waals surface area contributed by atoms with Crippen LogP contribution in [0.4, 0.5) is 0 Å². The first-order chi connectivity index (χ1) is 8.16. The molecule has 0 amide bonds. The van der Waals surface area contributed by atoms with E-state index in [1.54, 1.807) is 10.0 Å². The van der Waals surface area contributed by atoms with Gasteiger partial charge in [-0.15, -0.1) is 9.66 Å². The largest absolute Gasteiger partial charge is 0.303 e. The standard InChI is InChI=1S/C10H22N4O2S/c15-17(16,11-13-7-3-1-4-8-13)12-14-9-5-2-6-10-14/h11-12H,1-10H2. The summed E-state index contributed by atoms with van der Waals surface area (Å²) in [7, 11) is -3.43. The molecule has 0 saturated carbocycles. The van der Waals surface area contributed by atoms with Gasteiger partial charge in [-0.2, -0.15) is 8.42 Å². The van der Waals surface area contributed by atoms with Gasteiger partial charge in [0.05, 0.1) is 0 Å². The van der Waals surface area contributed by atoms with Crippen molar-refractivity contribution < 1.29 is 8.42 Å². The molecule has 0 aromatic carbocycles. The van der Waals surface area contributed by atoms with Gasteiger partial charge in [0, 0.05) is 26.2 Å². The predicted octanol–water partition coefficient (Wildman–Crippen LogP) is 0.212. The van der Waals surface area contributed by atoms with Crippen LogP contribution in [0.2, 0.25) is 0 Å². The van der Waals surface area contributed by atoms with E-state index in [2.05, 4.69) is 9.66 Å². The Morgan fingerprint density at radius 2 is 1.00 bits per heavy atom. The first kappa shape index (κ1) is 13.2. The van der Waals surface area contributed by atoms with Gasteiger partial charge in [0.15, 0.2) is 0 Å². The molecule has 2 N–H and O–H groups in total. The van der Waals surface area contributed by atoms with Gasteiger partial charge in [-0.3, -0.25) is 0 Å². The van der Waals surface area contributed by atoms with E-state index in [0.29, 0.717) is 0 Å². The minimum Gasteiger partial charge on any atom is -0.230 e. The lowest BCUT2D eigenvalue weighted by atomic mass is 10.2. The van der Waals surface area contributed by atoms with E-state index in [4.69, 9.17) is 0 Å². The minimum absolute atomic E-state index is 0.806. The molecule has 0 unspecified atom stereocenters. The van der Waals surface area contributed by atoms with Gasteiger partial charge in [-0.25, -0.2) is 10.0 Å². The molecule has 2 aliphatic rings. The van der Waals surface area contributed by atoms with Crippen LogP contribution >= 0.6 is 0 Å². The van der Waals surface area contributed by atoms with Gasteiger partial charge in [-0.05, 0) is 25.7 Å². The summed E-state index contributed by atoms with van der Waals surface area (Å²) in [6.07, 6.45) is 6.63. The highest BCUT2D eigenvalue weighted by Gasteiger charge is 2.21. The van der Waals surface area contributed by atoms with Gasteiger partial charge < -0.3 is 0 Å². The summed E-state index contributed by atoms with van der Waals surface area (Å²) in [6, 6.07) is 0. The number of nitrogens with zero attached hydrogens (tertiary/aromatic N) is 2. The molecule has 2 aliphatic heterocycles. The maximum absolute atomic E-state index is 11.9. The van der Waals surface area contributed by atoms with Crippen molar-refractivity contribution in [3.8, 4) is 0 Å². The summed E-state index contributed by atoms with van der Waals surface area (Å²) >= 11 is 0. The van der Waals surface area contributed by atoms with E-state index in [-0.39, 0.29) is 0 Å². The highest BCUT2D eigenvalue weighted by Crippen LogP contribution is 2.08. The molecular formula is C10H22N4O2S. The molecule has 2 rings (SSSR count). The fraction of sp³-hybridized carbons (Fsp3) is 1.00. The molecular weight excluding hydrogens is 240 g/mol.